The summed E-state index contributed by atoms with van der Waals surface area (Å²) in [6, 6.07) is 5.67. The molecule has 2 aliphatic heterocycles. The van der Waals surface area contributed by atoms with Crippen LogP contribution in [-0.2, 0) is 14.8 Å². The fraction of sp³-hybridized carbons (Fsp3) is 0.381. The maximum absolute atomic E-state index is 13.5. The van der Waals surface area contributed by atoms with E-state index in [0.29, 0.717) is 41.5 Å². The Kier molecular flexibility index (Phi) is 6.55. The van der Waals surface area contributed by atoms with Gasteiger partial charge in [0, 0.05) is 37.6 Å². The molecule has 7 nitrogen and oxygen atoms in total. The Morgan fingerprint density at radius 1 is 1.03 bits per heavy atom. The molecule has 172 valence electrons. The van der Waals surface area contributed by atoms with Crippen LogP contribution in [0.1, 0.15) is 19.3 Å². The largest absolute Gasteiger partial charge is 0.490 e. The van der Waals surface area contributed by atoms with Crippen LogP contribution in [-0.4, -0.2) is 44.9 Å². The van der Waals surface area contributed by atoms with Crippen LogP contribution in [0.25, 0.3) is 0 Å². The molecule has 0 aliphatic carbocycles. The number of halogens is 3. The van der Waals surface area contributed by atoms with Crippen LogP contribution in [0, 0.1) is 17.6 Å². The molecule has 1 N–H and O–H groups in total. The van der Waals surface area contributed by atoms with Crippen LogP contribution in [0.4, 0.5) is 14.5 Å². The molecule has 2 heterocycles. The maximum Gasteiger partial charge on any atom is 0.243 e. The van der Waals surface area contributed by atoms with Crippen LogP contribution in [0.5, 0.6) is 11.5 Å². The van der Waals surface area contributed by atoms with Gasteiger partial charge in [-0.05, 0) is 31.0 Å². The van der Waals surface area contributed by atoms with Crippen molar-refractivity contribution < 1.29 is 31.5 Å². The summed E-state index contributed by atoms with van der Waals surface area (Å²) in [4.78, 5) is 12.4. The Balaban J connectivity index is 1.41. The van der Waals surface area contributed by atoms with E-state index in [-0.39, 0.29) is 36.7 Å². The van der Waals surface area contributed by atoms with Crippen molar-refractivity contribution in [3.8, 4) is 11.5 Å². The summed E-state index contributed by atoms with van der Waals surface area (Å²) >= 11 is 6.28. The molecule has 2 aliphatic rings. The van der Waals surface area contributed by atoms with Crippen molar-refractivity contribution in [2.24, 2.45) is 5.92 Å². The topological polar surface area (TPSA) is 84.9 Å². The molecule has 0 atom stereocenters. The molecule has 1 fully saturated rings. The lowest BCUT2D eigenvalue weighted by molar-refractivity contribution is -0.120. The lowest BCUT2D eigenvalue weighted by Gasteiger charge is -2.30. The standard InChI is InChI=1S/C21H21ClF2N2O5S/c22-15-11-19-20(31-9-1-8-30-19)12-18(15)25-21(27)13-4-6-26(7-5-13)32(28,29)14-2-3-16(23)17(24)10-14/h2-3,10-13H,1,4-9H2,(H,25,27). The molecular formula is C21H21ClF2N2O5S. The molecule has 0 aromatic heterocycles. The van der Waals surface area contributed by atoms with Crippen molar-refractivity contribution >= 4 is 33.2 Å². The van der Waals surface area contributed by atoms with E-state index in [2.05, 4.69) is 5.32 Å². The Bertz CT molecular complexity index is 1140. The van der Waals surface area contributed by atoms with Gasteiger partial charge in [-0.3, -0.25) is 4.79 Å². The second-order valence-corrected chi connectivity index (χ2v) is 9.92. The van der Waals surface area contributed by atoms with Crippen LogP contribution in [0.15, 0.2) is 35.2 Å². The normalized spacial score (nSPS) is 17.6. The number of nitrogens with zero attached hydrogens (tertiary/aromatic N) is 1. The summed E-state index contributed by atoms with van der Waals surface area (Å²) < 4.78 is 64.4. The van der Waals surface area contributed by atoms with Gasteiger partial charge in [0.05, 0.1) is 28.8 Å². The highest BCUT2D eigenvalue weighted by molar-refractivity contribution is 7.89. The third kappa shape index (κ3) is 4.67. The lowest BCUT2D eigenvalue weighted by atomic mass is 9.97. The van der Waals surface area contributed by atoms with Crippen LogP contribution in [0.3, 0.4) is 0 Å². The van der Waals surface area contributed by atoms with E-state index >= 15 is 0 Å². The van der Waals surface area contributed by atoms with E-state index < -0.39 is 27.6 Å². The zero-order valence-corrected chi connectivity index (χ0v) is 18.5. The number of fused-ring (bicyclic) bond motifs is 1. The molecule has 32 heavy (non-hydrogen) atoms. The summed E-state index contributed by atoms with van der Waals surface area (Å²) in [6.45, 7) is 1.16. The van der Waals surface area contributed by atoms with Crippen molar-refractivity contribution in [3.63, 3.8) is 0 Å². The van der Waals surface area contributed by atoms with Crippen molar-refractivity contribution in [3.05, 3.63) is 47.0 Å². The first-order valence-corrected chi connectivity index (χ1v) is 11.9. The quantitative estimate of drug-likeness (QED) is 0.710. The number of nitrogens with one attached hydrogen (secondary N) is 1. The van der Waals surface area contributed by atoms with Crippen molar-refractivity contribution in [2.45, 2.75) is 24.2 Å². The van der Waals surface area contributed by atoms with Gasteiger partial charge < -0.3 is 14.8 Å². The average molecular weight is 487 g/mol. The zero-order valence-electron chi connectivity index (χ0n) is 16.9. The Hall–Kier alpha value is -2.43. The van der Waals surface area contributed by atoms with Crippen molar-refractivity contribution in [2.75, 3.05) is 31.6 Å². The molecule has 1 amide bonds. The van der Waals surface area contributed by atoms with Gasteiger partial charge in [0.2, 0.25) is 15.9 Å². The second kappa shape index (κ2) is 9.21. The molecule has 2 aromatic rings. The monoisotopic (exact) mass is 486 g/mol. The number of sulfonamides is 1. The zero-order chi connectivity index (χ0) is 22.9. The number of carbonyl (C=O) groups excluding carboxylic acids is 1. The number of hydrogen-bond donors (Lipinski definition) is 1. The van der Waals surface area contributed by atoms with Gasteiger partial charge in [0.15, 0.2) is 23.1 Å². The summed E-state index contributed by atoms with van der Waals surface area (Å²) in [5.41, 5.74) is 0.387. The molecule has 0 spiro atoms. The van der Waals surface area contributed by atoms with Crippen LogP contribution in [0.2, 0.25) is 5.02 Å². The number of benzene rings is 2. The SMILES string of the molecule is O=C(Nc1cc2c(cc1Cl)OCCCO2)C1CCN(S(=O)(=O)c2ccc(F)c(F)c2)CC1. The predicted octanol–water partition coefficient (Wildman–Crippen LogP) is 3.82. The Morgan fingerprint density at radius 3 is 2.34 bits per heavy atom. The molecule has 11 heteroatoms. The molecule has 0 bridgehead atoms. The summed E-state index contributed by atoms with van der Waals surface area (Å²) in [5.74, 6) is -2.05. The molecular weight excluding hydrogens is 466 g/mol. The molecule has 4 rings (SSSR count). The van der Waals surface area contributed by atoms with E-state index in [0.717, 1.165) is 18.6 Å². The highest BCUT2D eigenvalue weighted by Crippen LogP contribution is 2.38. The van der Waals surface area contributed by atoms with Gasteiger partial charge in [-0.2, -0.15) is 4.31 Å². The highest BCUT2D eigenvalue weighted by Gasteiger charge is 2.33. The number of anilines is 1. The fourth-order valence-electron chi connectivity index (χ4n) is 3.66. The molecule has 2 aromatic carbocycles. The van der Waals surface area contributed by atoms with Gasteiger partial charge >= 0.3 is 0 Å². The molecule has 0 saturated carbocycles. The van der Waals surface area contributed by atoms with Gasteiger partial charge in [-0.25, -0.2) is 17.2 Å². The third-order valence-corrected chi connectivity index (χ3v) is 7.66. The van der Waals surface area contributed by atoms with E-state index in [1.54, 1.807) is 12.1 Å². The number of amides is 1. The van der Waals surface area contributed by atoms with Crippen LogP contribution >= 0.6 is 11.6 Å². The number of carbonyl (C=O) groups is 1. The van der Waals surface area contributed by atoms with Crippen molar-refractivity contribution in [1.82, 2.24) is 4.31 Å². The molecule has 1 saturated heterocycles. The van der Waals surface area contributed by atoms with Gasteiger partial charge in [-0.15, -0.1) is 0 Å². The Morgan fingerprint density at radius 2 is 1.69 bits per heavy atom. The minimum atomic E-state index is -3.99. The third-order valence-electron chi connectivity index (χ3n) is 5.45. The smallest absolute Gasteiger partial charge is 0.243 e. The summed E-state index contributed by atoms with van der Waals surface area (Å²) in [7, 11) is -3.99. The predicted molar refractivity (Wildman–Crippen MR) is 114 cm³/mol. The number of hydrogen-bond acceptors (Lipinski definition) is 5. The first-order chi connectivity index (χ1) is 15.3. The summed E-state index contributed by atoms with van der Waals surface area (Å²) in [6.07, 6.45) is 1.29. The first-order valence-electron chi connectivity index (χ1n) is 10.1. The Labute approximate surface area is 189 Å². The van der Waals surface area contributed by atoms with Crippen molar-refractivity contribution in [1.29, 1.82) is 0 Å². The number of piperidine rings is 1. The first kappa shape index (κ1) is 22.8. The lowest BCUT2D eigenvalue weighted by Crippen LogP contribution is -2.41. The van der Waals surface area contributed by atoms with Gasteiger partial charge in [-0.1, -0.05) is 11.6 Å². The van der Waals surface area contributed by atoms with Gasteiger partial charge in [0.25, 0.3) is 0 Å². The highest BCUT2D eigenvalue weighted by atomic mass is 35.5. The molecule has 0 unspecified atom stereocenters. The number of ether oxygens (including phenoxy) is 2. The second-order valence-electron chi connectivity index (χ2n) is 7.57. The van der Waals surface area contributed by atoms with E-state index in [9.17, 15) is 22.0 Å². The molecule has 0 radical (unpaired) electrons. The maximum atomic E-state index is 13.5. The summed E-state index contributed by atoms with van der Waals surface area (Å²) in [5, 5.41) is 3.09. The van der Waals surface area contributed by atoms with Gasteiger partial charge in [0.1, 0.15) is 0 Å². The minimum Gasteiger partial charge on any atom is -0.490 e. The van der Waals surface area contributed by atoms with E-state index in [4.69, 9.17) is 21.1 Å². The average Bonchev–Trinajstić information content (AvgIpc) is 3.00. The van der Waals surface area contributed by atoms with Crippen LogP contribution < -0.4 is 14.8 Å². The van der Waals surface area contributed by atoms with E-state index in [1.165, 1.54) is 4.31 Å². The number of rotatable bonds is 4. The van der Waals surface area contributed by atoms with E-state index in [1.807, 2.05) is 0 Å². The minimum absolute atomic E-state index is 0.0777. The fourth-order valence-corrected chi connectivity index (χ4v) is 5.34.